The Morgan fingerprint density at radius 1 is 1.32 bits per heavy atom. The molecule has 1 aliphatic heterocycles. The van der Waals surface area contributed by atoms with E-state index in [-0.39, 0.29) is 12.2 Å². The maximum atomic E-state index is 11.8. The maximum absolute atomic E-state index is 11.8. The van der Waals surface area contributed by atoms with Gasteiger partial charge in [0.1, 0.15) is 5.82 Å². The highest BCUT2D eigenvalue weighted by molar-refractivity contribution is 5.94. The van der Waals surface area contributed by atoms with Crippen molar-refractivity contribution < 1.29 is 14.3 Å². The molecule has 0 radical (unpaired) electrons. The number of nitrogens with zero attached hydrogens (tertiary/aromatic N) is 1. The van der Waals surface area contributed by atoms with Crippen molar-refractivity contribution >= 4 is 11.7 Å². The molecule has 2 aliphatic rings. The number of hydrogen-bond donors (Lipinski definition) is 2. The Morgan fingerprint density at radius 2 is 2.11 bits per heavy atom. The molecule has 1 saturated carbocycles. The van der Waals surface area contributed by atoms with Crippen molar-refractivity contribution in [2.45, 2.75) is 25.2 Å². The van der Waals surface area contributed by atoms with Crippen LogP contribution in [-0.2, 0) is 9.47 Å². The number of anilines is 1. The highest BCUT2D eigenvalue weighted by Crippen LogP contribution is 2.19. The first-order valence-electron chi connectivity index (χ1n) is 6.55. The summed E-state index contributed by atoms with van der Waals surface area (Å²) < 4.78 is 10.6. The second kappa shape index (κ2) is 5.54. The Labute approximate surface area is 111 Å². The van der Waals surface area contributed by atoms with Crippen molar-refractivity contribution in [2.75, 3.05) is 25.1 Å². The highest BCUT2D eigenvalue weighted by atomic mass is 16.7. The maximum Gasteiger partial charge on any atom is 0.253 e. The summed E-state index contributed by atoms with van der Waals surface area (Å²) in [6, 6.07) is 3.92. The third kappa shape index (κ3) is 3.42. The summed E-state index contributed by atoms with van der Waals surface area (Å²) >= 11 is 0. The zero-order valence-corrected chi connectivity index (χ0v) is 10.6. The summed E-state index contributed by atoms with van der Waals surface area (Å²) in [5.41, 5.74) is 0.589. The summed E-state index contributed by atoms with van der Waals surface area (Å²) in [7, 11) is 0. The largest absolute Gasteiger partial charge is 0.365 e. The van der Waals surface area contributed by atoms with E-state index < -0.39 is 0 Å². The van der Waals surface area contributed by atoms with Gasteiger partial charge in [0.2, 0.25) is 0 Å². The minimum atomic E-state index is -0.209. The molecule has 1 aliphatic carbocycles. The molecule has 6 heteroatoms. The fourth-order valence-corrected chi connectivity index (χ4v) is 1.84. The Balaban J connectivity index is 1.51. The SMILES string of the molecule is O=C(NC1CC1)c1ccc(NCC2OCCO2)nc1. The smallest absolute Gasteiger partial charge is 0.253 e. The third-order valence-corrected chi connectivity index (χ3v) is 3.08. The molecule has 1 saturated heterocycles. The van der Waals surface area contributed by atoms with Crippen LogP contribution in [0.3, 0.4) is 0 Å². The molecule has 0 unspecified atom stereocenters. The van der Waals surface area contributed by atoms with Crippen molar-refractivity contribution in [1.29, 1.82) is 0 Å². The molecule has 2 heterocycles. The Morgan fingerprint density at radius 3 is 2.74 bits per heavy atom. The van der Waals surface area contributed by atoms with Gasteiger partial charge in [-0.05, 0) is 25.0 Å². The van der Waals surface area contributed by atoms with Crippen LogP contribution < -0.4 is 10.6 Å². The lowest BCUT2D eigenvalue weighted by atomic mass is 10.2. The average molecular weight is 263 g/mol. The number of amides is 1. The standard InChI is InChI=1S/C13H17N3O3/c17-13(16-10-2-3-10)9-1-4-11(14-7-9)15-8-12-18-5-6-19-12/h1,4,7,10,12H,2-3,5-6,8H2,(H,14,15)(H,16,17). The predicted octanol–water partition coefficient (Wildman–Crippen LogP) is 0.759. The van der Waals surface area contributed by atoms with Crippen LogP contribution in [0.5, 0.6) is 0 Å². The van der Waals surface area contributed by atoms with Crippen LogP contribution in [0.4, 0.5) is 5.82 Å². The molecule has 1 aromatic heterocycles. The van der Waals surface area contributed by atoms with Gasteiger partial charge in [-0.2, -0.15) is 0 Å². The normalized spacial score (nSPS) is 19.4. The number of carbonyl (C=O) groups excluding carboxylic acids is 1. The lowest BCUT2D eigenvalue weighted by Gasteiger charge is -2.11. The minimum absolute atomic E-state index is 0.0518. The van der Waals surface area contributed by atoms with E-state index in [4.69, 9.17) is 9.47 Å². The number of ether oxygens (including phenoxy) is 2. The molecule has 3 rings (SSSR count). The zero-order valence-electron chi connectivity index (χ0n) is 10.6. The van der Waals surface area contributed by atoms with Gasteiger partial charge in [-0.3, -0.25) is 4.79 Å². The summed E-state index contributed by atoms with van der Waals surface area (Å²) in [5, 5.41) is 6.04. The number of rotatable bonds is 5. The molecule has 2 fully saturated rings. The molecule has 19 heavy (non-hydrogen) atoms. The molecular formula is C13H17N3O3. The van der Waals surface area contributed by atoms with E-state index >= 15 is 0 Å². The second-order valence-electron chi connectivity index (χ2n) is 4.73. The molecule has 1 amide bonds. The van der Waals surface area contributed by atoms with Crippen molar-refractivity contribution in [3.8, 4) is 0 Å². The quantitative estimate of drug-likeness (QED) is 0.820. The van der Waals surface area contributed by atoms with E-state index in [0.717, 1.165) is 12.8 Å². The fraction of sp³-hybridized carbons (Fsp3) is 0.538. The molecule has 1 aromatic rings. The molecule has 2 N–H and O–H groups in total. The molecule has 0 aromatic carbocycles. The molecule has 102 valence electrons. The average Bonchev–Trinajstić information content (AvgIpc) is 3.09. The van der Waals surface area contributed by atoms with Crippen LogP contribution in [0.1, 0.15) is 23.2 Å². The number of carbonyl (C=O) groups is 1. The topological polar surface area (TPSA) is 72.5 Å². The van der Waals surface area contributed by atoms with Gasteiger partial charge in [0.05, 0.1) is 25.3 Å². The third-order valence-electron chi connectivity index (χ3n) is 3.08. The van der Waals surface area contributed by atoms with Crippen LogP contribution in [0.2, 0.25) is 0 Å². The van der Waals surface area contributed by atoms with Crippen LogP contribution in [0.15, 0.2) is 18.3 Å². The van der Waals surface area contributed by atoms with E-state index in [0.29, 0.717) is 37.2 Å². The van der Waals surface area contributed by atoms with Crippen LogP contribution in [0.25, 0.3) is 0 Å². The summed E-state index contributed by atoms with van der Waals surface area (Å²) in [6.45, 7) is 1.83. The van der Waals surface area contributed by atoms with E-state index in [9.17, 15) is 4.79 Å². The van der Waals surface area contributed by atoms with Crippen molar-refractivity contribution in [1.82, 2.24) is 10.3 Å². The van der Waals surface area contributed by atoms with Crippen molar-refractivity contribution in [2.24, 2.45) is 0 Å². The van der Waals surface area contributed by atoms with Gasteiger partial charge in [0.15, 0.2) is 6.29 Å². The van der Waals surface area contributed by atoms with Crippen molar-refractivity contribution in [3.63, 3.8) is 0 Å². The first-order valence-corrected chi connectivity index (χ1v) is 6.55. The number of aromatic nitrogens is 1. The van der Waals surface area contributed by atoms with Gasteiger partial charge in [-0.25, -0.2) is 4.98 Å². The molecule has 0 spiro atoms. The first-order chi connectivity index (χ1) is 9.31. The summed E-state index contributed by atoms with van der Waals surface area (Å²) in [6.07, 6.45) is 3.54. The summed E-state index contributed by atoms with van der Waals surface area (Å²) in [4.78, 5) is 16.0. The van der Waals surface area contributed by atoms with Crippen molar-refractivity contribution in [3.05, 3.63) is 23.9 Å². The Hall–Kier alpha value is -1.66. The molecule has 0 atom stereocenters. The van der Waals surface area contributed by atoms with Gasteiger partial charge >= 0.3 is 0 Å². The van der Waals surface area contributed by atoms with Gasteiger partial charge < -0.3 is 20.1 Å². The van der Waals surface area contributed by atoms with E-state index in [1.54, 1.807) is 18.3 Å². The lowest BCUT2D eigenvalue weighted by Crippen LogP contribution is -2.25. The lowest BCUT2D eigenvalue weighted by molar-refractivity contribution is -0.0299. The predicted molar refractivity (Wildman–Crippen MR) is 68.9 cm³/mol. The fourth-order valence-electron chi connectivity index (χ4n) is 1.84. The van der Waals surface area contributed by atoms with Gasteiger partial charge in [-0.1, -0.05) is 0 Å². The van der Waals surface area contributed by atoms with Gasteiger partial charge in [0, 0.05) is 12.2 Å². The minimum Gasteiger partial charge on any atom is -0.365 e. The first kappa shape index (κ1) is 12.4. The Bertz CT molecular complexity index is 439. The van der Waals surface area contributed by atoms with Gasteiger partial charge in [-0.15, -0.1) is 0 Å². The molecular weight excluding hydrogens is 246 g/mol. The zero-order chi connectivity index (χ0) is 13.1. The van der Waals surface area contributed by atoms with Gasteiger partial charge in [0.25, 0.3) is 5.91 Å². The number of hydrogen-bond acceptors (Lipinski definition) is 5. The van der Waals surface area contributed by atoms with Crippen LogP contribution >= 0.6 is 0 Å². The Kier molecular flexibility index (Phi) is 3.61. The highest BCUT2D eigenvalue weighted by Gasteiger charge is 2.23. The second-order valence-corrected chi connectivity index (χ2v) is 4.73. The van der Waals surface area contributed by atoms with E-state index in [2.05, 4.69) is 15.6 Å². The number of nitrogens with one attached hydrogen (secondary N) is 2. The summed E-state index contributed by atoms with van der Waals surface area (Å²) in [5.74, 6) is 0.658. The monoisotopic (exact) mass is 263 g/mol. The molecule has 6 nitrogen and oxygen atoms in total. The number of pyridine rings is 1. The van der Waals surface area contributed by atoms with Crippen LogP contribution in [0, 0.1) is 0 Å². The molecule has 0 bridgehead atoms. The van der Waals surface area contributed by atoms with E-state index in [1.807, 2.05) is 0 Å². The van der Waals surface area contributed by atoms with Crippen LogP contribution in [-0.4, -0.2) is 43.0 Å². The van der Waals surface area contributed by atoms with E-state index in [1.165, 1.54) is 0 Å².